The number of hydrogen-bond acceptors (Lipinski definition) is 4. The second-order valence-electron chi connectivity index (χ2n) is 5.61. The second-order valence-corrected chi connectivity index (χ2v) is 6.48. The van der Waals surface area contributed by atoms with E-state index in [1.807, 2.05) is 43.7 Å². The summed E-state index contributed by atoms with van der Waals surface area (Å²) in [4.78, 5) is 16.5. The Hall–Kier alpha value is -1.66. The molecule has 108 valence electrons. The molecule has 0 saturated carbocycles. The highest BCUT2D eigenvalue weighted by atomic mass is 32.1. The van der Waals surface area contributed by atoms with E-state index in [0.29, 0.717) is 12.1 Å². The van der Waals surface area contributed by atoms with Crippen LogP contribution in [0.3, 0.4) is 0 Å². The van der Waals surface area contributed by atoms with Gasteiger partial charge in [-0.2, -0.15) is 0 Å². The van der Waals surface area contributed by atoms with E-state index >= 15 is 0 Å². The average Bonchev–Trinajstić information content (AvgIpc) is 2.93. The normalized spacial score (nSPS) is 11.7. The van der Waals surface area contributed by atoms with Crippen molar-refractivity contribution in [2.45, 2.75) is 33.2 Å². The van der Waals surface area contributed by atoms with E-state index < -0.39 is 5.54 Å². The molecule has 6 heteroatoms. The van der Waals surface area contributed by atoms with Crippen LogP contribution in [0.1, 0.15) is 35.6 Å². The summed E-state index contributed by atoms with van der Waals surface area (Å²) in [5, 5.41) is 5.67. The van der Waals surface area contributed by atoms with Gasteiger partial charge in [-0.25, -0.2) is 4.98 Å². The molecule has 0 atom stereocenters. The molecule has 2 heterocycles. The van der Waals surface area contributed by atoms with Crippen molar-refractivity contribution in [1.82, 2.24) is 14.9 Å². The molecule has 2 rings (SSSR count). The van der Waals surface area contributed by atoms with Crippen LogP contribution in [-0.4, -0.2) is 27.5 Å². The van der Waals surface area contributed by atoms with Gasteiger partial charge in [-0.05, 0) is 33.8 Å². The van der Waals surface area contributed by atoms with Gasteiger partial charge >= 0.3 is 0 Å². The van der Waals surface area contributed by atoms with Gasteiger partial charge in [-0.1, -0.05) is 0 Å². The molecule has 2 aromatic rings. The van der Waals surface area contributed by atoms with Crippen LogP contribution in [0.4, 0.5) is 0 Å². The van der Waals surface area contributed by atoms with Gasteiger partial charge in [-0.15, -0.1) is 11.3 Å². The number of hydrogen-bond donors (Lipinski definition) is 2. The Morgan fingerprint density at radius 1 is 1.50 bits per heavy atom. The van der Waals surface area contributed by atoms with Crippen molar-refractivity contribution in [3.05, 3.63) is 34.6 Å². The third-order valence-electron chi connectivity index (χ3n) is 2.99. The summed E-state index contributed by atoms with van der Waals surface area (Å²) in [7, 11) is 0. The molecule has 0 bridgehead atoms. The highest BCUT2D eigenvalue weighted by Crippen LogP contribution is 2.22. The number of carbonyl (C=O) groups excluding carboxylic acids is 1. The first-order valence-electron chi connectivity index (χ1n) is 6.45. The lowest BCUT2D eigenvalue weighted by molar-refractivity contribution is 0.0945. The molecular weight excluding hydrogens is 272 g/mol. The Morgan fingerprint density at radius 2 is 2.20 bits per heavy atom. The molecule has 2 aromatic heterocycles. The predicted octanol–water partition coefficient (Wildman–Crippen LogP) is 2.02. The second kappa shape index (κ2) is 5.38. The molecule has 0 aliphatic heterocycles. The van der Waals surface area contributed by atoms with E-state index in [0.717, 1.165) is 16.5 Å². The van der Waals surface area contributed by atoms with E-state index in [-0.39, 0.29) is 5.91 Å². The zero-order chi connectivity index (χ0) is 14.9. The van der Waals surface area contributed by atoms with Crippen LogP contribution in [0.2, 0.25) is 0 Å². The summed E-state index contributed by atoms with van der Waals surface area (Å²) in [6.07, 6.45) is 1.76. The fourth-order valence-corrected chi connectivity index (χ4v) is 2.77. The molecule has 5 nitrogen and oxygen atoms in total. The predicted molar refractivity (Wildman–Crippen MR) is 81.5 cm³/mol. The number of carbonyl (C=O) groups is 1. The fraction of sp³-hybridized carbons (Fsp3) is 0.429. The average molecular weight is 292 g/mol. The first kappa shape index (κ1) is 14.7. The Kier molecular flexibility index (Phi) is 3.96. The molecule has 0 spiro atoms. The molecule has 1 amide bonds. The number of amides is 1. The minimum atomic E-state index is -0.420. The van der Waals surface area contributed by atoms with Crippen LogP contribution < -0.4 is 11.1 Å². The van der Waals surface area contributed by atoms with Crippen molar-refractivity contribution in [3.8, 4) is 5.13 Å². The van der Waals surface area contributed by atoms with Crippen molar-refractivity contribution in [2.24, 2.45) is 5.73 Å². The van der Waals surface area contributed by atoms with E-state index in [2.05, 4.69) is 10.3 Å². The molecular formula is C14H20N4OS. The van der Waals surface area contributed by atoms with Gasteiger partial charge in [0, 0.05) is 35.0 Å². The monoisotopic (exact) mass is 292 g/mol. The standard InChI is InChI=1S/C14H20N4OS/c1-9-7-11(12(19)17-8-14(3,4)15)10(2)18(9)13-16-5-6-20-13/h5-7H,8,15H2,1-4H3,(H,17,19). The summed E-state index contributed by atoms with van der Waals surface area (Å²) >= 11 is 1.55. The molecule has 0 aliphatic rings. The summed E-state index contributed by atoms with van der Waals surface area (Å²) in [5.41, 5.74) is 8.02. The number of aryl methyl sites for hydroxylation is 1. The summed E-state index contributed by atoms with van der Waals surface area (Å²) in [6, 6.07) is 1.88. The van der Waals surface area contributed by atoms with Crippen molar-refractivity contribution >= 4 is 17.2 Å². The molecule has 0 fully saturated rings. The van der Waals surface area contributed by atoms with Gasteiger partial charge in [0.05, 0.1) is 5.56 Å². The summed E-state index contributed by atoms with van der Waals surface area (Å²) < 4.78 is 1.99. The zero-order valence-corrected chi connectivity index (χ0v) is 13.0. The Bertz CT molecular complexity index is 608. The maximum atomic E-state index is 12.3. The summed E-state index contributed by atoms with van der Waals surface area (Å²) in [6.45, 7) is 8.10. The molecule has 0 saturated heterocycles. The third-order valence-corrected chi connectivity index (χ3v) is 3.75. The Balaban J connectivity index is 2.26. The van der Waals surface area contributed by atoms with Crippen LogP contribution in [0.5, 0.6) is 0 Å². The van der Waals surface area contributed by atoms with Crippen molar-refractivity contribution < 1.29 is 4.79 Å². The van der Waals surface area contributed by atoms with Gasteiger partial charge in [-0.3, -0.25) is 9.36 Å². The van der Waals surface area contributed by atoms with Crippen LogP contribution in [-0.2, 0) is 0 Å². The lowest BCUT2D eigenvalue weighted by atomic mass is 10.1. The van der Waals surface area contributed by atoms with Crippen molar-refractivity contribution in [1.29, 1.82) is 0 Å². The van der Waals surface area contributed by atoms with Gasteiger partial charge < -0.3 is 11.1 Å². The molecule has 0 aliphatic carbocycles. The van der Waals surface area contributed by atoms with Gasteiger partial charge in [0.25, 0.3) is 5.91 Å². The minimum absolute atomic E-state index is 0.0977. The summed E-state index contributed by atoms with van der Waals surface area (Å²) in [5.74, 6) is -0.0977. The lowest BCUT2D eigenvalue weighted by Crippen LogP contribution is -2.45. The number of aromatic nitrogens is 2. The minimum Gasteiger partial charge on any atom is -0.350 e. The van der Waals surface area contributed by atoms with E-state index in [1.54, 1.807) is 17.5 Å². The van der Waals surface area contributed by atoms with Crippen molar-refractivity contribution in [3.63, 3.8) is 0 Å². The molecule has 0 unspecified atom stereocenters. The smallest absolute Gasteiger partial charge is 0.253 e. The Morgan fingerprint density at radius 3 is 2.75 bits per heavy atom. The quantitative estimate of drug-likeness (QED) is 0.905. The SMILES string of the molecule is Cc1cc(C(=O)NCC(C)(C)N)c(C)n1-c1nccs1. The van der Waals surface area contributed by atoms with E-state index in [9.17, 15) is 4.79 Å². The highest BCUT2D eigenvalue weighted by molar-refractivity contribution is 7.12. The Labute approximate surface area is 122 Å². The van der Waals surface area contributed by atoms with Crippen LogP contribution in [0, 0.1) is 13.8 Å². The molecule has 0 radical (unpaired) electrons. The van der Waals surface area contributed by atoms with Gasteiger partial charge in [0.1, 0.15) is 0 Å². The van der Waals surface area contributed by atoms with Crippen LogP contribution in [0.15, 0.2) is 17.6 Å². The van der Waals surface area contributed by atoms with Gasteiger partial charge in [0.2, 0.25) is 0 Å². The number of nitrogens with one attached hydrogen (secondary N) is 1. The maximum Gasteiger partial charge on any atom is 0.253 e. The lowest BCUT2D eigenvalue weighted by Gasteiger charge is -2.18. The zero-order valence-electron chi connectivity index (χ0n) is 12.2. The molecule has 20 heavy (non-hydrogen) atoms. The van der Waals surface area contributed by atoms with E-state index in [1.165, 1.54) is 0 Å². The largest absolute Gasteiger partial charge is 0.350 e. The first-order chi connectivity index (χ1) is 9.29. The fourth-order valence-electron chi connectivity index (χ4n) is 2.02. The van der Waals surface area contributed by atoms with Crippen LogP contribution >= 0.6 is 11.3 Å². The first-order valence-corrected chi connectivity index (χ1v) is 7.33. The third kappa shape index (κ3) is 3.08. The number of nitrogens with two attached hydrogens (primary N) is 1. The number of nitrogens with zero attached hydrogens (tertiary/aromatic N) is 2. The number of rotatable bonds is 4. The van der Waals surface area contributed by atoms with Crippen LogP contribution in [0.25, 0.3) is 5.13 Å². The number of thiazole rings is 1. The van der Waals surface area contributed by atoms with E-state index in [4.69, 9.17) is 5.73 Å². The molecule has 3 N–H and O–H groups in total. The van der Waals surface area contributed by atoms with Crippen molar-refractivity contribution in [2.75, 3.05) is 6.54 Å². The maximum absolute atomic E-state index is 12.3. The van der Waals surface area contributed by atoms with Gasteiger partial charge in [0.15, 0.2) is 5.13 Å². The highest BCUT2D eigenvalue weighted by Gasteiger charge is 2.19. The topological polar surface area (TPSA) is 72.9 Å². The molecule has 0 aromatic carbocycles.